The van der Waals surface area contributed by atoms with Gasteiger partial charge in [0, 0.05) is 39.0 Å². The molecule has 2 rings (SSSR count). The summed E-state index contributed by atoms with van der Waals surface area (Å²) >= 11 is 0. The number of aryl methyl sites for hydroxylation is 1. The van der Waals surface area contributed by atoms with Gasteiger partial charge in [-0.15, -0.1) is 0 Å². The minimum atomic E-state index is 0.212. The van der Waals surface area contributed by atoms with Crippen LogP contribution in [0.15, 0.2) is 12.4 Å². The Bertz CT molecular complexity index is 421. The fraction of sp³-hybridized carbons (Fsp3) is 0.714. The van der Waals surface area contributed by atoms with E-state index in [1.54, 1.807) is 11.1 Å². The molecule has 0 aliphatic heterocycles. The molecule has 1 saturated carbocycles. The average Bonchev–Trinajstić information content (AvgIpc) is 2.78. The molecule has 0 saturated heterocycles. The molecular weight excluding hydrogens is 240 g/mol. The average molecular weight is 264 g/mol. The highest BCUT2D eigenvalue weighted by molar-refractivity contribution is 5.76. The molecule has 0 aromatic carbocycles. The number of imidazole rings is 1. The van der Waals surface area contributed by atoms with Crippen LogP contribution in [0.1, 0.15) is 37.9 Å². The standard InChI is InChI=1S/C14H24N4O/c1-17-8-7-16-13(17)10-18(2)14(19)9-11-3-5-12(15)6-4-11/h7-8,11-12H,3-6,9-10,15H2,1-2H3. The van der Waals surface area contributed by atoms with Crippen LogP contribution >= 0.6 is 0 Å². The van der Waals surface area contributed by atoms with Crippen LogP contribution in [0.3, 0.4) is 0 Å². The highest BCUT2D eigenvalue weighted by Crippen LogP contribution is 2.26. The van der Waals surface area contributed by atoms with E-state index in [1.807, 2.05) is 24.9 Å². The number of carbonyl (C=O) groups excluding carboxylic acids is 1. The molecule has 0 atom stereocenters. The van der Waals surface area contributed by atoms with Gasteiger partial charge in [-0.25, -0.2) is 4.98 Å². The Morgan fingerprint density at radius 2 is 2.16 bits per heavy atom. The van der Waals surface area contributed by atoms with Gasteiger partial charge in [-0.2, -0.15) is 0 Å². The summed E-state index contributed by atoms with van der Waals surface area (Å²) in [5, 5.41) is 0. The van der Waals surface area contributed by atoms with Crippen molar-refractivity contribution in [3.63, 3.8) is 0 Å². The molecule has 1 aliphatic rings. The van der Waals surface area contributed by atoms with E-state index in [-0.39, 0.29) is 5.91 Å². The lowest BCUT2D eigenvalue weighted by molar-refractivity contribution is -0.131. The first-order chi connectivity index (χ1) is 9.06. The Hall–Kier alpha value is -1.36. The molecule has 0 radical (unpaired) electrons. The number of hydrogen-bond donors (Lipinski definition) is 1. The lowest BCUT2D eigenvalue weighted by Crippen LogP contribution is -2.32. The van der Waals surface area contributed by atoms with Gasteiger partial charge in [0.2, 0.25) is 5.91 Å². The molecule has 5 nitrogen and oxygen atoms in total. The van der Waals surface area contributed by atoms with Gasteiger partial charge in [0.05, 0.1) is 6.54 Å². The monoisotopic (exact) mass is 264 g/mol. The minimum absolute atomic E-state index is 0.212. The third kappa shape index (κ3) is 3.80. The van der Waals surface area contributed by atoms with Gasteiger partial charge in [-0.1, -0.05) is 0 Å². The Balaban J connectivity index is 1.81. The number of carbonyl (C=O) groups is 1. The van der Waals surface area contributed by atoms with Crippen molar-refractivity contribution < 1.29 is 4.79 Å². The van der Waals surface area contributed by atoms with Gasteiger partial charge in [-0.3, -0.25) is 4.79 Å². The molecule has 1 aliphatic carbocycles. The normalized spacial score (nSPS) is 23.3. The second-order valence-corrected chi connectivity index (χ2v) is 5.69. The molecule has 0 bridgehead atoms. The van der Waals surface area contributed by atoms with Gasteiger partial charge >= 0.3 is 0 Å². The van der Waals surface area contributed by atoms with Crippen molar-refractivity contribution in [1.29, 1.82) is 0 Å². The van der Waals surface area contributed by atoms with Crippen molar-refractivity contribution in [3.05, 3.63) is 18.2 Å². The van der Waals surface area contributed by atoms with Gasteiger partial charge in [-0.05, 0) is 31.6 Å². The second-order valence-electron chi connectivity index (χ2n) is 5.69. The van der Waals surface area contributed by atoms with Gasteiger partial charge in [0.1, 0.15) is 5.82 Å². The van der Waals surface area contributed by atoms with Crippen LogP contribution in [-0.4, -0.2) is 33.4 Å². The van der Waals surface area contributed by atoms with Crippen LogP contribution in [0.2, 0.25) is 0 Å². The maximum absolute atomic E-state index is 12.2. The van der Waals surface area contributed by atoms with Crippen LogP contribution in [0.4, 0.5) is 0 Å². The Labute approximate surface area is 114 Å². The Morgan fingerprint density at radius 3 is 2.74 bits per heavy atom. The third-order valence-corrected chi connectivity index (χ3v) is 4.08. The molecule has 0 unspecified atom stereocenters. The molecule has 1 amide bonds. The number of hydrogen-bond acceptors (Lipinski definition) is 3. The molecule has 106 valence electrons. The summed E-state index contributed by atoms with van der Waals surface area (Å²) in [5.41, 5.74) is 5.89. The Kier molecular flexibility index (Phi) is 4.58. The van der Waals surface area contributed by atoms with E-state index >= 15 is 0 Å². The van der Waals surface area contributed by atoms with Gasteiger partial charge < -0.3 is 15.2 Å². The maximum Gasteiger partial charge on any atom is 0.222 e. The predicted molar refractivity (Wildman–Crippen MR) is 74.2 cm³/mol. The topological polar surface area (TPSA) is 64.2 Å². The van der Waals surface area contributed by atoms with E-state index in [0.717, 1.165) is 31.5 Å². The van der Waals surface area contributed by atoms with Crippen LogP contribution in [-0.2, 0) is 18.4 Å². The minimum Gasteiger partial charge on any atom is -0.338 e. The molecule has 1 heterocycles. The van der Waals surface area contributed by atoms with Gasteiger partial charge in [0.25, 0.3) is 0 Å². The van der Waals surface area contributed by atoms with Crippen LogP contribution < -0.4 is 5.73 Å². The van der Waals surface area contributed by atoms with E-state index in [4.69, 9.17) is 5.73 Å². The van der Waals surface area contributed by atoms with Crippen molar-refractivity contribution in [2.75, 3.05) is 7.05 Å². The van der Waals surface area contributed by atoms with E-state index < -0.39 is 0 Å². The highest BCUT2D eigenvalue weighted by atomic mass is 16.2. The van der Waals surface area contributed by atoms with E-state index in [9.17, 15) is 4.79 Å². The molecule has 1 aromatic rings. The third-order valence-electron chi connectivity index (χ3n) is 4.08. The summed E-state index contributed by atoms with van der Waals surface area (Å²) in [7, 11) is 3.80. The molecule has 19 heavy (non-hydrogen) atoms. The van der Waals surface area contributed by atoms with Crippen molar-refractivity contribution in [3.8, 4) is 0 Å². The SMILES string of the molecule is CN(Cc1nccn1C)C(=O)CC1CCC(N)CC1. The first kappa shape index (κ1) is 14.1. The molecule has 5 heteroatoms. The number of rotatable bonds is 4. The van der Waals surface area contributed by atoms with Crippen molar-refractivity contribution >= 4 is 5.91 Å². The molecule has 2 N–H and O–H groups in total. The highest BCUT2D eigenvalue weighted by Gasteiger charge is 2.22. The zero-order valence-electron chi connectivity index (χ0n) is 11.9. The summed E-state index contributed by atoms with van der Waals surface area (Å²) in [4.78, 5) is 18.2. The summed E-state index contributed by atoms with van der Waals surface area (Å²) in [6.07, 6.45) is 8.59. The molecule has 1 aromatic heterocycles. The van der Waals surface area contributed by atoms with Crippen LogP contribution in [0.5, 0.6) is 0 Å². The lowest BCUT2D eigenvalue weighted by Gasteiger charge is -2.27. The fourth-order valence-electron chi connectivity index (χ4n) is 2.64. The molecule has 1 fully saturated rings. The van der Waals surface area contributed by atoms with Crippen molar-refractivity contribution in [1.82, 2.24) is 14.5 Å². The van der Waals surface area contributed by atoms with E-state index in [1.165, 1.54) is 0 Å². The zero-order valence-corrected chi connectivity index (χ0v) is 11.9. The van der Waals surface area contributed by atoms with Crippen LogP contribution in [0, 0.1) is 5.92 Å². The van der Waals surface area contributed by atoms with E-state index in [2.05, 4.69) is 4.98 Å². The fourth-order valence-corrected chi connectivity index (χ4v) is 2.64. The number of aromatic nitrogens is 2. The van der Waals surface area contributed by atoms with E-state index in [0.29, 0.717) is 24.9 Å². The summed E-state index contributed by atoms with van der Waals surface area (Å²) < 4.78 is 1.95. The lowest BCUT2D eigenvalue weighted by atomic mass is 9.84. The predicted octanol–water partition coefficient (Wildman–Crippen LogP) is 1.29. The smallest absolute Gasteiger partial charge is 0.222 e. The second kappa shape index (κ2) is 6.19. The van der Waals surface area contributed by atoms with Crippen molar-refractivity contribution in [2.24, 2.45) is 18.7 Å². The molecule has 0 spiro atoms. The first-order valence-corrected chi connectivity index (χ1v) is 7.02. The number of nitrogens with zero attached hydrogens (tertiary/aromatic N) is 3. The maximum atomic E-state index is 12.2. The quantitative estimate of drug-likeness (QED) is 0.891. The largest absolute Gasteiger partial charge is 0.338 e. The summed E-state index contributed by atoms with van der Waals surface area (Å²) in [6, 6.07) is 0.344. The molecular formula is C14H24N4O. The zero-order chi connectivity index (χ0) is 13.8. The number of nitrogens with two attached hydrogens (primary N) is 1. The summed E-state index contributed by atoms with van der Waals surface area (Å²) in [5.74, 6) is 1.64. The number of amides is 1. The summed E-state index contributed by atoms with van der Waals surface area (Å²) in [6.45, 7) is 0.578. The van der Waals surface area contributed by atoms with Crippen molar-refractivity contribution in [2.45, 2.75) is 44.7 Å². The van der Waals surface area contributed by atoms with Gasteiger partial charge in [0.15, 0.2) is 0 Å². The Morgan fingerprint density at radius 1 is 1.47 bits per heavy atom. The van der Waals surface area contributed by atoms with Crippen LogP contribution in [0.25, 0.3) is 0 Å². The first-order valence-electron chi connectivity index (χ1n) is 7.02.